The second kappa shape index (κ2) is 10.3. The Kier molecular flexibility index (Phi) is 8.06. The highest BCUT2D eigenvalue weighted by Crippen LogP contribution is 2.11. The SMILES string of the molecule is CC(C)OCc1ccc(CNC(=O)CNC(=O)c2ccccc2I)cc1. The number of hydrogen-bond acceptors (Lipinski definition) is 3. The van der Waals surface area contributed by atoms with Crippen LogP contribution >= 0.6 is 22.6 Å². The summed E-state index contributed by atoms with van der Waals surface area (Å²) in [5.74, 6) is -0.476. The molecular formula is C20H23IN2O3. The van der Waals surface area contributed by atoms with Crippen molar-refractivity contribution in [3.63, 3.8) is 0 Å². The quantitative estimate of drug-likeness (QED) is 0.587. The lowest BCUT2D eigenvalue weighted by atomic mass is 10.1. The Labute approximate surface area is 167 Å². The molecule has 0 aliphatic carbocycles. The molecular weight excluding hydrogens is 443 g/mol. The van der Waals surface area contributed by atoms with E-state index in [1.165, 1.54) is 0 Å². The Hall–Kier alpha value is -1.93. The Morgan fingerprint density at radius 2 is 1.65 bits per heavy atom. The topological polar surface area (TPSA) is 67.4 Å². The Bertz CT molecular complexity index is 745. The lowest BCUT2D eigenvalue weighted by molar-refractivity contribution is -0.120. The fraction of sp³-hybridized carbons (Fsp3) is 0.300. The van der Waals surface area contributed by atoms with E-state index in [2.05, 4.69) is 33.2 Å². The molecule has 2 N–H and O–H groups in total. The maximum atomic E-state index is 12.1. The minimum absolute atomic E-state index is 0.0515. The van der Waals surface area contributed by atoms with Gasteiger partial charge in [-0.15, -0.1) is 0 Å². The van der Waals surface area contributed by atoms with Gasteiger partial charge in [-0.05, 0) is 59.7 Å². The molecule has 2 amide bonds. The second-order valence-electron chi connectivity index (χ2n) is 6.12. The van der Waals surface area contributed by atoms with Crippen LogP contribution < -0.4 is 10.6 Å². The van der Waals surface area contributed by atoms with Crippen LogP contribution in [0.1, 0.15) is 35.3 Å². The van der Waals surface area contributed by atoms with Gasteiger partial charge >= 0.3 is 0 Å². The molecule has 6 heteroatoms. The van der Waals surface area contributed by atoms with Crippen LogP contribution in [0.3, 0.4) is 0 Å². The van der Waals surface area contributed by atoms with Gasteiger partial charge in [-0.3, -0.25) is 9.59 Å². The second-order valence-corrected chi connectivity index (χ2v) is 7.28. The van der Waals surface area contributed by atoms with Crippen molar-refractivity contribution >= 4 is 34.4 Å². The summed E-state index contributed by atoms with van der Waals surface area (Å²) in [5, 5.41) is 5.44. The molecule has 0 fully saturated rings. The summed E-state index contributed by atoms with van der Waals surface area (Å²) >= 11 is 2.10. The van der Waals surface area contributed by atoms with Crippen LogP contribution in [0.15, 0.2) is 48.5 Å². The molecule has 0 radical (unpaired) electrons. The van der Waals surface area contributed by atoms with Crippen molar-refractivity contribution in [3.8, 4) is 0 Å². The highest BCUT2D eigenvalue weighted by molar-refractivity contribution is 14.1. The highest BCUT2D eigenvalue weighted by Gasteiger charge is 2.10. The summed E-state index contributed by atoms with van der Waals surface area (Å²) in [4.78, 5) is 24.0. The summed E-state index contributed by atoms with van der Waals surface area (Å²) in [7, 11) is 0. The van der Waals surface area contributed by atoms with Crippen molar-refractivity contribution in [1.82, 2.24) is 10.6 Å². The minimum atomic E-state index is -0.250. The first-order valence-corrected chi connectivity index (χ1v) is 9.52. The third-order valence-electron chi connectivity index (χ3n) is 3.62. The molecule has 2 aromatic rings. The van der Waals surface area contributed by atoms with Gasteiger partial charge in [0.2, 0.25) is 5.91 Å². The molecule has 0 aliphatic heterocycles. The van der Waals surface area contributed by atoms with Gasteiger partial charge in [-0.25, -0.2) is 0 Å². The average molecular weight is 466 g/mol. The molecule has 5 nitrogen and oxygen atoms in total. The number of amides is 2. The van der Waals surface area contributed by atoms with E-state index in [-0.39, 0.29) is 24.5 Å². The van der Waals surface area contributed by atoms with Crippen molar-refractivity contribution in [2.24, 2.45) is 0 Å². The molecule has 0 saturated carbocycles. The van der Waals surface area contributed by atoms with E-state index in [0.29, 0.717) is 18.7 Å². The molecule has 0 heterocycles. The van der Waals surface area contributed by atoms with Gasteiger partial charge < -0.3 is 15.4 Å². The third-order valence-corrected chi connectivity index (χ3v) is 4.56. The van der Waals surface area contributed by atoms with Crippen LogP contribution in [0.5, 0.6) is 0 Å². The van der Waals surface area contributed by atoms with Gasteiger partial charge in [0.1, 0.15) is 0 Å². The van der Waals surface area contributed by atoms with E-state index in [1.54, 1.807) is 12.1 Å². The van der Waals surface area contributed by atoms with Gasteiger partial charge in [0, 0.05) is 10.1 Å². The van der Waals surface area contributed by atoms with Crippen molar-refractivity contribution in [2.45, 2.75) is 33.1 Å². The molecule has 26 heavy (non-hydrogen) atoms. The van der Waals surface area contributed by atoms with Gasteiger partial charge in [-0.1, -0.05) is 36.4 Å². The first kappa shape index (κ1) is 20.4. The van der Waals surface area contributed by atoms with Gasteiger partial charge in [0.25, 0.3) is 5.91 Å². The van der Waals surface area contributed by atoms with E-state index < -0.39 is 0 Å². The van der Waals surface area contributed by atoms with Gasteiger partial charge in [0.05, 0.1) is 24.8 Å². The molecule has 138 valence electrons. The van der Waals surface area contributed by atoms with E-state index >= 15 is 0 Å². The molecule has 0 saturated heterocycles. The first-order valence-electron chi connectivity index (χ1n) is 8.44. The van der Waals surface area contributed by atoms with E-state index in [9.17, 15) is 9.59 Å². The normalized spacial score (nSPS) is 10.6. The lowest BCUT2D eigenvalue weighted by Crippen LogP contribution is -2.36. The number of carbonyl (C=O) groups is 2. The maximum Gasteiger partial charge on any atom is 0.252 e. The maximum absolute atomic E-state index is 12.1. The molecule has 0 unspecified atom stereocenters. The number of hydrogen-bond donors (Lipinski definition) is 2. The molecule has 2 rings (SSSR count). The highest BCUT2D eigenvalue weighted by atomic mass is 127. The van der Waals surface area contributed by atoms with Crippen molar-refractivity contribution < 1.29 is 14.3 Å². The molecule has 0 aromatic heterocycles. The molecule has 0 bridgehead atoms. The van der Waals surface area contributed by atoms with Gasteiger partial charge in [0.15, 0.2) is 0 Å². The van der Waals surface area contributed by atoms with Crippen molar-refractivity contribution in [2.75, 3.05) is 6.54 Å². The Morgan fingerprint density at radius 1 is 1.00 bits per heavy atom. The average Bonchev–Trinajstić information content (AvgIpc) is 2.64. The van der Waals surface area contributed by atoms with Gasteiger partial charge in [-0.2, -0.15) is 0 Å². The summed E-state index contributed by atoms with van der Waals surface area (Å²) in [5.41, 5.74) is 2.66. The summed E-state index contributed by atoms with van der Waals surface area (Å²) < 4.78 is 6.41. The molecule has 0 spiro atoms. The van der Waals surface area contributed by atoms with Crippen LogP contribution in [-0.4, -0.2) is 24.5 Å². The first-order chi connectivity index (χ1) is 12.5. The summed E-state index contributed by atoms with van der Waals surface area (Å²) in [6.45, 7) is 4.95. The zero-order valence-electron chi connectivity index (χ0n) is 14.9. The van der Waals surface area contributed by atoms with Crippen LogP contribution in [0.2, 0.25) is 0 Å². The fourth-order valence-corrected chi connectivity index (χ4v) is 2.81. The van der Waals surface area contributed by atoms with Crippen LogP contribution in [-0.2, 0) is 22.7 Å². The van der Waals surface area contributed by atoms with Crippen LogP contribution in [0.4, 0.5) is 0 Å². The monoisotopic (exact) mass is 466 g/mol. The van der Waals surface area contributed by atoms with Crippen LogP contribution in [0.25, 0.3) is 0 Å². The number of nitrogens with one attached hydrogen (secondary N) is 2. The predicted octanol–water partition coefficient (Wildman–Crippen LogP) is 3.26. The number of carbonyl (C=O) groups excluding carboxylic acids is 2. The minimum Gasteiger partial charge on any atom is -0.374 e. The summed E-state index contributed by atoms with van der Waals surface area (Å²) in [6, 6.07) is 15.2. The summed E-state index contributed by atoms with van der Waals surface area (Å²) in [6.07, 6.45) is 0.198. The number of halogens is 1. The molecule has 2 aromatic carbocycles. The standard InChI is InChI=1S/C20H23IN2O3/c1-14(2)26-13-16-9-7-15(8-10-16)11-22-19(24)12-23-20(25)17-5-3-4-6-18(17)21/h3-10,14H,11-13H2,1-2H3,(H,22,24)(H,23,25). The predicted molar refractivity (Wildman–Crippen MR) is 110 cm³/mol. The molecule has 0 aliphatic rings. The van der Waals surface area contributed by atoms with Crippen molar-refractivity contribution in [1.29, 1.82) is 0 Å². The van der Waals surface area contributed by atoms with E-state index in [1.807, 2.05) is 50.2 Å². The largest absolute Gasteiger partial charge is 0.374 e. The zero-order valence-corrected chi connectivity index (χ0v) is 17.1. The fourth-order valence-electron chi connectivity index (χ4n) is 2.18. The Morgan fingerprint density at radius 3 is 2.31 bits per heavy atom. The zero-order chi connectivity index (χ0) is 18.9. The number of ether oxygens (including phenoxy) is 1. The number of rotatable bonds is 8. The van der Waals surface area contributed by atoms with E-state index in [0.717, 1.165) is 14.7 Å². The number of benzene rings is 2. The smallest absolute Gasteiger partial charge is 0.252 e. The van der Waals surface area contributed by atoms with E-state index in [4.69, 9.17) is 4.74 Å². The lowest BCUT2D eigenvalue weighted by Gasteiger charge is -2.10. The third kappa shape index (κ3) is 6.76. The van der Waals surface area contributed by atoms with Crippen molar-refractivity contribution in [3.05, 3.63) is 68.8 Å². The Balaban J connectivity index is 1.75. The molecule has 0 atom stereocenters. The van der Waals surface area contributed by atoms with Crippen LogP contribution in [0, 0.1) is 3.57 Å².